The van der Waals surface area contributed by atoms with E-state index in [1.54, 1.807) is 23.1 Å². The summed E-state index contributed by atoms with van der Waals surface area (Å²) < 4.78 is 11.8. The number of nitrogens with zero attached hydrogens (tertiary/aromatic N) is 2. The molecule has 0 spiro atoms. The highest BCUT2D eigenvalue weighted by atomic mass is 32.2. The molecule has 2 heterocycles. The monoisotopic (exact) mass is 323 g/mol. The third kappa shape index (κ3) is 3.48. The Balaban J connectivity index is 1.71. The van der Waals surface area contributed by atoms with Crippen molar-refractivity contribution in [2.45, 2.75) is 24.2 Å². The maximum atomic E-state index is 5.46. The van der Waals surface area contributed by atoms with Crippen molar-refractivity contribution in [3.8, 4) is 11.5 Å². The van der Waals surface area contributed by atoms with E-state index in [1.165, 1.54) is 5.56 Å². The molecule has 0 aliphatic carbocycles. The average molecular weight is 323 g/mol. The highest BCUT2D eigenvalue weighted by molar-refractivity contribution is 8.01. The molecule has 112 valence electrons. The molecule has 1 aliphatic rings. The summed E-state index contributed by atoms with van der Waals surface area (Å²) in [5.74, 6) is 2.55. The number of rotatable bonds is 6. The predicted molar refractivity (Wildman–Crippen MR) is 84.4 cm³/mol. The molecular weight excluding hydrogens is 306 g/mol. The lowest BCUT2D eigenvalue weighted by Gasteiger charge is -2.17. The second-order valence-corrected chi connectivity index (χ2v) is 7.07. The van der Waals surface area contributed by atoms with Crippen LogP contribution in [0.15, 0.2) is 22.5 Å². The van der Waals surface area contributed by atoms with E-state index in [4.69, 9.17) is 9.47 Å². The largest absolute Gasteiger partial charge is 0.454 e. The first kappa shape index (κ1) is 14.6. The maximum absolute atomic E-state index is 5.46. The minimum absolute atomic E-state index is 0.249. The molecule has 1 atom stereocenters. The normalized spacial score (nSPS) is 14.4. The van der Waals surface area contributed by atoms with Crippen molar-refractivity contribution in [2.75, 3.05) is 19.1 Å². The molecule has 1 aromatic carbocycles. The van der Waals surface area contributed by atoms with Crippen molar-refractivity contribution in [1.82, 2.24) is 15.5 Å². The summed E-state index contributed by atoms with van der Waals surface area (Å²) in [4.78, 5) is 0. The summed E-state index contributed by atoms with van der Waals surface area (Å²) >= 11 is 3.36. The van der Waals surface area contributed by atoms with Gasteiger partial charge in [0.2, 0.25) is 6.79 Å². The standard InChI is InChI=1S/C14H17N3O2S2/c1-3-15-11(7-20-14-17-16-9(2)21-14)10-4-5-12-13(6-10)19-8-18-12/h4-6,11,15H,3,7-8H2,1-2H3. The van der Waals surface area contributed by atoms with Crippen molar-refractivity contribution in [2.24, 2.45) is 0 Å². The molecule has 1 unspecified atom stereocenters. The fraction of sp³-hybridized carbons (Fsp3) is 0.429. The molecule has 1 aliphatic heterocycles. The highest BCUT2D eigenvalue weighted by Crippen LogP contribution is 2.35. The zero-order valence-corrected chi connectivity index (χ0v) is 13.6. The van der Waals surface area contributed by atoms with Crippen LogP contribution < -0.4 is 14.8 Å². The summed E-state index contributed by atoms with van der Waals surface area (Å²) in [5, 5.41) is 12.7. The Bertz CT molecular complexity index is 618. The maximum Gasteiger partial charge on any atom is 0.231 e. The van der Waals surface area contributed by atoms with Gasteiger partial charge in [0, 0.05) is 11.8 Å². The molecular formula is C14H17N3O2S2. The number of aromatic nitrogens is 2. The van der Waals surface area contributed by atoms with Crippen LogP contribution in [0.25, 0.3) is 0 Å². The number of hydrogen-bond acceptors (Lipinski definition) is 7. The minimum atomic E-state index is 0.249. The lowest BCUT2D eigenvalue weighted by Crippen LogP contribution is -2.22. The number of aryl methyl sites for hydroxylation is 1. The van der Waals surface area contributed by atoms with E-state index in [0.29, 0.717) is 6.79 Å². The van der Waals surface area contributed by atoms with Gasteiger partial charge in [0.25, 0.3) is 0 Å². The van der Waals surface area contributed by atoms with E-state index < -0.39 is 0 Å². The first-order valence-electron chi connectivity index (χ1n) is 6.82. The number of fused-ring (bicyclic) bond motifs is 1. The van der Waals surface area contributed by atoms with Crippen molar-refractivity contribution in [3.63, 3.8) is 0 Å². The van der Waals surface area contributed by atoms with Gasteiger partial charge in [0.1, 0.15) is 5.01 Å². The first-order chi connectivity index (χ1) is 10.3. The van der Waals surface area contributed by atoms with Crippen LogP contribution in [-0.2, 0) is 0 Å². The summed E-state index contributed by atoms with van der Waals surface area (Å²) in [6.07, 6.45) is 0. The van der Waals surface area contributed by atoms with Gasteiger partial charge in [-0.1, -0.05) is 36.1 Å². The van der Waals surface area contributed by atoms with Crippen molar-refractivity contribution >= 4 is 23.1 Å². The van der Waals surface area contributed by atoms with E-state index in [2.05, 4.69) is 34.6 Å². The SMILES string of the molecule is CCNC(CSc1nnc(C)s1)c1ccc2c(c1)OCO2. The summed E-state index contributed by atoms with van der Waals surface area (Å²) in [6.45, 7) is 5.30. The number of benzene rings is 1. The second-order valence-electron chi connectivity index (χ2n) is 4.62. The fourth-order valence-corrected chi connectivity index (χ4v) is 4.08. The molecule has 7 heteroatoms. The Morgan fingerprint density at radius 3 is 2.95 bits per heavy atom. The zero-order valence-electron chi connectivity index (χ0n) is 12.0. The highest BCUT2D eigenvalue weighted by Gasteiger charge is 2.18. The lowest BCUT2D eigenvalue weighted by molar-refractivity contribution is 0.174. The molecule has 0 saturated heterocycles. The van der Waals surface area contributed by atoms with Gasteiger partial charge < -0.3 is 14.8 Å². The number of nitrogens with one attached hydrogen (secondary N) is 1. The second kappa shape index (κ2) is 6.64. The third-order valence-corrected chi connectivity index (χ3v) is 5.20. The van der Waals surface area contributed by atoms with Gasteiger partial charge in [-0.2, -0.15) is 0 Å². The number of ether oxygens (including phenoxy) is 2. The van der Waals surface area contributed by atoms with Gasteiger partial charge in [-0.05, 0) is 31.2 Å². The molecule has 1 N–H and O–H groups in total. The van der Waals surface area contributed by atoms with Crippen molar-refractivity contribution < 1.29 is 9.47 Å². The molecule has 0 radical (unpaired) electrons. The van der Waals surface area contributed by atoms with E-state index >= 15 is 0 Å². The number of hydrogen-bond donors (Lipinski definition) is 1. The van der Waals surface area contributed by atoms with Gasteiger partial charge >= 0.3 is 0 Å². The topological polar surface area (TPSA) is 56.3 Å². The van der Waals surface area contributed by atoms with E-state index in [0.717, 1.165) is 33.1 Å². The Morgan fingerprint density at radius 1 is 1.33 bits per heavy atom. The van der Waals surface area contributed by atoms with Gasteiger partial charge in [0.05, 0.1) is 0 Å². The predicted octanol–water partition coefficient (Wildman–Crippen LogP) is 3.02. The summed E-state index contributed by atoms with van der Waals surface area (Å²) in [5.41, 5.74) is 1.20. The summed E-state index contributed by atoms with van der Waals surface area (Å²) in [7, 11) is 0. The van der Waals surface area contributed by atoms with E-state index in [1.807, 2.05) is 13.0 Å². The van der Waals surface area contributed by atoms with Gasteiger partial charge in [-0.3, -0.25) is 0 Å². The number of thioether (sulfide) groups is 1. The molecule has 0 saturated carbocycles. The van der Waals surface area contributed by atoms with E-state index in [-0.39, 0.29) is 6.04 Å². The van der Waals surface area contributed by atoms with Crippen LogP contribution in [0.3, 0.4) is 0 Å². The molecule has 3 rings (SSSR count). The Kier molecular flexibility index (Phi) is 4.62. The fourth-order valence-electron chi connectivity index (χ4n) is 2.14. The van der Waals surface area contributed by atoms with Crippen LogP contribution in [0.4, 0.5) is 0 Å². The minimum Gasteiger partial charge on any atom is -0.454 e. The van der Waals surface area contributed by atoms with Gasteiger partial charge in [-0.25, -0.2) is 0 Å². The smallest absolute Gasteiger partial charge is 0.231 e. The Hall–Kier alpha value is -1.31. The quantitative estimate of drug-likeness (QED) is 0.825. The van der Waals surface area contributed by atoms with Crippen LogP contribution in [-0.4, -0.2) is 29.3 Å². The molecule has 0 amide bonds. The molecule has 1 aromatic heterocycles. The van der Waals surface area contributed by atoms with Crippen molar-refractivity contribution in [1.29, 1.82) is 0 Å². The first-order valence-corrected chi connectivity index (χ1v) is 8.62. The molecule has 21 heavy (non-hydrogen) atoms. The average Bonchev–Trinajstić information content (AvgIpc) is 3.11. The van der Waals surface area contributed by atoms with Crippen LogP contribution in [0.5, 0.6) is 11.5 Å². The van der Waals surface area contributed by atoms with Crippen LogP contribution in [0.1, 0.15) is 23.5 Å². The molecule has 5 nitrogen and oxygen atoms in total. The summed E-state index contributed by atoms with van der Waals surface area (Å²) in [6, 6.07) is 6.37. The molecule has 2 aromatic rings. The lowest BCUT2D eigenvalue weighted by atomic mass is 10.1. The van der Waals surface area contributed by atoms with Crippen LogP contribution in [0.2, 0.25) is 0 Å². The Labute approximate surface area is 132 Å². The third-order valence-electron chi connectivity index (χ3n) is 3.13. The molecule has 0 bridgehead atoms. The zero-order chi connectivity index (χ0) is 14.7. The van der Waals surface area contributed by atoms with Gasteiger partial charge in [-0.15, -0.1) is 10.2 Å². The van der Waals surface area contributed by atoms with Gasteiger partial charge in [0.15, 0.2) is 15.8 Å². The van der Waals surface area contributed by atoms with Crippen LogP contribution >= 0.6 is 23.1 Å². The Morgan fingerprint density at radius 2 is 2.19 bits per heavy atom. The van der Waals surface area contributed by atoms with E-state index in [9.17, 15) is 0 Å². The van der Waals surface area contributed by atoms with Crippen molar-refractivity contribution in [3.05, 3.63) is 28.8 Å². The van der Waals surface area contributed by atoms with Crippen LogP contribution in [0, 0.1) is 6.92 Å². The molecule has 0 fully saturated rings.